The van der Waals surface area contributed by atoms with Gasteiger partial charge >= 0.3 is 0 Å². The second-order valence-electron chi connectivity index (χ2n) is 5.09. The Bertz CT molecular complexity index is 720. The van der Waals surface area contributed by atoms with Crippen LogP contribution in [-0.2, 0) is 24.3 Å². The molecule has 4 nitrogen and oxygen atoms in total. The minimum Gasteiger partial charge on any atom is -0.352 e. The fourth-order valence-corrected chi connectivity index (χ4v) is 2.97. The van der Waals surface area contributed by atoms with E-state index in [0.717, 1.165) is 17.0 Å². The van der Waals surface area contributed by atoms with Gasteiger partial charge in [0.1, 0.15) is 0 Å². The van der Waals surface area contributed by atoms with Gasteiger partial charge in [0.25, 0.3) is 0 Å². The van der Waals surface area contributed by atoms with E-state index < -0.39 is 0 Å². The normalized spacial score (nSPS) is 10.5. The summed E-state index contributed by atoms with van der Waals surface area (Å²) < 4.78 is 2.02. The highest BCUT2D eigenvalue weighted by Gasteiger charge is 2.04. The number of imidazole rings is 1. The monoisotopic (exact) mass is 311 g/mol. The van der Waals surface area contributed by atoms with Crippen LogP contribution in [0.5, 0.6) is 0 Å². The standard InChI is InChI=1S/C17H17N3OS/c21-17(10-16-5-2-8-22-16)19-11-14-3-1-4-15(9-14)12-20-7-6-18-13-20/h1-9,13H,10-12H2,(H,19,21). The maximum atomic E-state index is 11.9. The highest BCUT2D eigenvalue weighted by atomic mass is 32.1. The molecule has 3 aromatic rings. The molecule has 112 valence electrons. The van der Waals surface area contributed by atoms with Crippen LogP contribution in [0.25, 0.3) is 0 Å². The molecule has 1 N–H and O–H groups in total. The van der Waals surface area contributed by atoms with Gasteiger partial charge in [-0.25, -0.2) is 4.98 Å². The third-order valence-electron chi connectivity index (χ3n) is 3.32. The molecule has 1 amide bonds. The van der Waals surface area contributed by atoms with Crippen molar-refractivity contribution in [2.45, 2.75) is 19.5 Å². The lowest BCUT2D eigenvalue weighted by molar-refractivity contribution is -0.120. The molecule has 0 aliphatic carbocycles. The van der Waals surface area contributed by atoms with Crippen molar-refractivity contribution in [3.63, 3.8) is 0 Å². The van der Waals surface area contributed by atoms with Crippen LogP contribution in [0.4, 0.5) is 0 Å². The van der Waals surface area contributed by atoms with E-state index in [1.807, 2.05) is 40.4 Å². The Balaban J connectivity index is 1.55. The first-order chi connectivity index (χ1) is 10.8. The number of rotatable bonds is 6. The molecule has 0 aliphatic rings. The van der Waals surface area contributed by atoms with Crippen molar-refractivity contribution in [1.29, 1.82) is 0 Å². The zero-order valence-corrected chi connectivity index (χ0v) is 12.9. The Morgan fingerprint density at radius 3 is 2.91 bits per heavy atom. The highest BCUT2D eigenvalue weighted by molar-refractivity contribution is 7.10. The first-order valence-corrected chi connectivity index (χ1v) is 8.00. The van der Waals surface area contributed by atoms with Gasteiger partial charge in [0.2, 0.25) is 5.91 Å². The van der Waals surface area contributed by atoms with Gasteiger partial charge in [-0.15, -0.1) is 11.3 Å². The van der Waals surface area contributed by atoms with E-state index in [2.05, 4.69) is 22.4 Å². The molecule has 2 heterocycles. The zero-order valence-electron chi connectivity index (χ0n) is 12.1. The number of nitrogens with zero attached hydrogens (tertiary/aromatic N) is 2. The Morgan fingerprint density at radius 1 is 1.23 bits per heavy atom. The predicted molar refractivity (Wildman–Crippen MR) is 87.6 cm³/mol. The molecule has 0 bridgehead atoms. The summed E-state index contributed by atoms with van der Waals surface area (Å²) in [7, 11) is 0. The fourth-order valence-electron chi connectivity index (χ4n) is 2.26. The van der Waals surface area contributed by atoms with E-state index >= 15 is 0 Å². The lowest BCUT2D eigenvalue weighted by Gasteiger charge is -2.07. The number of nitrogens with one attached hydrogen (secondary N) is 1. The predicted octanol–water partition coefficient (Wildman–Crippen LogP) is 2.85. The molecule has 0 saturated heterocycles. The number of aromatic nitrogens is 2. The van der Waals surface area contributed by atoms with Gasteiger partial charge < -0.3 is 9.88 Å². The summed E-state index contributed by atoms with van der Waals surface area (Å²) in [6.07, 6.45) is 5.96. The fraction of sp³-hybridized carbons (Fsp3) is 0.176. The maximum Gasteiger partial charge on any atom is 0.225 e. The van der Waals surface area contributed by atoms with E-state index in [9.17, 15) is 4.79 Å². The third-order valence-corrected chi connectivity index (χ3v) is 4.20. The number of carbonyl (C=O) groups excluding carboxylic acids is 1. The van der Waals surface area contributed by atoms with Crippen LogP contribution in [-0.4, -0.2) is 15.5 Å². The van der Waals surface area contributed by atoms with Crippen molar-refractivity contribution >= 4 is 17.2 Å². The number of hydrogen-bond acceptors (Lipinski definition) is 3. The van der Waals surface area contributed by atoms with Gasteiger partial charge in [-0.2, -0.15) is 0 Å². The zero-order chi connectivity index (χ0) is 15.2. The van der Waals surface area contributed by atoms with Crippen LogP contribution in [0.2, 0.25) is 0 Å². The molecule has 0 atom stereocenters. The molecule has 3 rings (SSSR count). The number of carbonyl (C=O) groups is 1. The summed E-state index contributed by atoms with van der Waals surface area (Å²) in [5.41, 5.74) is 2.31. The van der Waals surface area contributed by atoms with Crippen molar-refractivity contribution < 1.29 is 4.79 Å². The second-order valence-corrected chi connectivity index (χ2v) is 6.12. The molecule has 0 saturated carbocycles. The molecule has 5 heteroatoms. The van der Waals surface area contributed by atoms with Crippen LogP contribution in [0.1, 0.15) is 16.0 Å². The quantitative estimate of drug-likeness (QED) is 0.761. The minimum atomic E-state index is 0.0578. The maximum absolute atomic E-state index is 11.9. The first-order valence-electron chi connectivity index (χ1n) is 7.12. The molecule has 0 spiro atoms. The molecule has 0 radical (unpaired) electrons. The van der Waals surface area contributed by atoms with Crippen LogP contribution < -0.4 is 5.32 Å². The first kappa shape index (κ1) is 14.5. The van der Waals surface area contributed by atoms with Gasteiger partial charge in [-0.3, -0.25) is 4.79 Å². The summed E-state index contributed by atoms with van der Waals surface area (Å²) in [6, 6.07) is 12.2. The van der Waals surface area contributed by atoms with Crippen LogP contribution in [0, 0.1) is 0 Å². The molecule has 0 aliphatic heterocycles. The summed E-state index contributed by atoms with van der Waals surface area (Å²) in [5.74, 6) is 0.0578. The van der Waals surface area contributed by atoms with Gasteiger partial charge in [-0.1, -0.05) is 30.3 Å². The smallest absolute Gasteiger partial charge is 0.225 e. The third kappa shape index (κ3) is 4.05. The molecular weight excluding hydrogens is 294 g/mol. The molecule has 1 aromatic carbocycles. The van der Waals surface area contributed by atoms with Gasteiger partial charge in [0.15, 0.2) is 0 Å². The van der Waals surface area contributed by atoms with Crippen LogP contribution in [0.15, 0.2) is 60.5 Å². The van der Waals surface area contributed by atoms with Gasteiger partial charge in [0, 0.05) is 30.4 Å². The number of benzene rings is 1. The average molecular weight is 311 g/mol. The summed E-state index contributed by atoms with van der Waals surface area (Å²) in [4.78, 5) is 17.0. The number of hydrogen-bond donors (Lipinski definition) is 1. The van der Waals surface area contributed by atoms with E-state index in [-0.39, 0.29) is 5.91 Å². The Kier molecular flexibility index (Phi) is 4.65. The lowest BCUT2D eigenvalue weighted by Crippen LogP contribution is -2.24. The van der Waals surface area contributed by atoms with Crippen molar-refractivity contribution in [3.8, 4) is 0 Å². The second kappa shape index (κ2) is 7.04. The molecular formula is C17H17N3OS. The molecule has 2 aromatic heterocycles. The van der Waals surface area contributed by atoms with Crippen molar-refractivity contribution in [2.75, 3.05) is 0 Å². The SMILES string of the molecule is O=C(Cc1cccs1)NCc1cccc(Cn2ccnc2)c1. The van der Waals surface area contributed by atoms with Crippen LogP contribution in [0.3, 0.4) is 0 Å². The van der Waals surface area contributed by atoms with Crippen LogP contribution >= 0.6 is 11.3 Å². The lowest BCUT2D eigenvalue weighted by atomic mass is 10.1. The Labute approximate surface area is 133 Å². The summed E-state index contributed by atoms with van der Waals surface area (Å²) >= 11 is 1.61. The van der Waals surface area contributed by atoms with E-state index in [4.69, 9.17) is 0 Å². The number of amides is 1. The summed E-state index contributed by atoms with van der Waals surface area (Å²) in [5, 5.41) is 4.96. The van der Waals surface area contributed by atoms with Gasteiger partial charge in [0.05, 0.1) is 12.7 Å². The topological polar surface area (TPSA) is 46.9 Å². The van der Waals surface area contributed by atoms with Gasteiger partial charge in [-0.05, 0) is 22.6 Å². The van der Waals surface area contributed by atoms with Crippen molar-refractivity contribution in [1.82, 2.24) is 14.9 Å². The average Bonchev–Trinajstić information content (AvgIpc) is 3.19. The largest absolute Gasteiger partial charge is 0.352 e. The molecule has 0 fully saturated rings. The van der Waals surface area contributed by atoms with E-state index in [1.165, 1.54) is 5.56 Å². The molecule has 0 unspecified atom stereocenters. The summed E-state index contributed by atoms with van der Waals surface area (Å²) in [6.45, 7) is 1.35. The Hall–Kier alpha value is -2.40. The minimum absolute atomic E-state index is 0.0578. The molecule has 22 heavy (non-hydrogen) atoms. The van der Waals surface area contributed by atoms with Crippen molar-refractivity contribution in [3.05, 3.63) is 76.5 Å². The van der Waals surface area contributed by atoms with Crippen molar-refractivity contribution in [2.24, 2.45) is 0 Å². The van der Waals surface area contributed by atoms with E-state index in [0.29, 0.717) is 13.0 Å². The van der Waals surface area contributed by atoms with E-state index in [1.54, 1.807) is 23.9 Å². The number of thiophene rings is 1. The Morgan fingerprint density at radius 2 is 2.14 bits per heavy atom. The highest BCUT2D eigenvalue weighted by Crippen LogP contribution is 2.10.